The zero-order valence-corrected chi connectivity index (χ0v) is 12.3. The van der Waals surface area contributed by atoms with Gasteiger partial charge in [0.05, 0.1) is 6.42 Å². The summed E-state index contributed by atoms with van der Waals surface area (Å²) in [5.41, 5.74) is 0. The van der Waals surface area contributed by atoms with Crippen molar-refractivity contribution >= 4 is 17.2 Å². The van der Waals surface area contributed by atoms with Gasteiger partial charge < -0.3 is 4.90 Å². The van der Waals surface area contributed by atoms with Crippen molar-refractivity contribution in [3.63, 3.8) is 0 Å². The number of carbonyl (C=O) groups is 1. The van der Waals surface area contributed by atoms with Gasteiger partial charge in [-0.1, -0.05) is 6.07 Å². The molecule has 0 aromatic carbocycles. The Kier molecular flexibility index (Phi) is 4.16. The molecule has 3 rings (SSSR count). The second kappa shape index (κ2) is 6.22. The molecule has 0 atom stereocenters. The van der Waals surface area contributed by atoms with Gasteiger partial charge in [0.1, 0.15) is 0 Å². The van der Waals surface area contributed by atoms with Gasteiger partial charge in [0.15, 0.2) is 0 Å². The fourth-order valence-corrected chi connectivity index (χ4v) is 3.41. The quantitative estimate of drug-likeness (QED) is 0.867. The van der Waals surface area contributed by atoms with Crippen LogP contribution in [-0.4, -0.2) is 33.7 Å². The number of nitrogens with zero attached hydrogens (tertiary/aromatic N) is 3. The Labute approximate surface area is 123 Å². The lowest BCUT2D eigenvalue weighted by molar-refractivity contribution is -0.131. The Balaban J connectivity index is 1.47. The SMILES string of the molecule is O=C(Cc1cccs1)N1CCC(Cn2cccn2)CC1. The molecule has 1 aliphatic heterocycles. The van der Waals surface area contributed by atoms with E-state index in [4.69, 9.17) is 0 Å². The molecule has 0 spiro atoms. The molecule has 1 saturated heterocycles. The van der Waals surface area contributed by atoms with Crippen molar-refractivity contribution < 1.29 is 4.79 Å². The molecule has 1 aliphatic rings. The average Bonchev–Trinajstić information content (AvgIpc) is 3.13. The second-order valence-electron chi connectivity index (χ2n) is 5.31. The molecule has 2 aromatic rings. The number of rotatable bonds is 4. The molecule has 0 radical (unpaired) electrons. The number of hydrogen-bond acceptors (Lipinski definition) is 3. The molecule has 5 heteroatoms. The molecule has 106 valence electrons. The highest BCUT2D eigenvalue weighted by molar-refractivity contribution is 7.10. The van der Waals surface area contributed by atoms with E-state index in [0.29, 0.717) is 12.3 Å². The molecule has 2 aromatic heterocycles. The Bertz CT molecular complexity index is 527. The van der Waals surface area contributed by atoms with E-state index in [1.54, 1.807) is 11.3 Å². The minimum atomic E-state index is 0.269. The summed E-state index contributed by atoms with van der Waals surface area (Å²) < 4.78 is 1.99. The number of carbonyl (C=O) groups excluding carboxylic acids is 1. The smallest absolute Gasteiger partial charge is 0.227 e. The molecule has 0 unspecified atom stereocenters. The topological polar surface area (TPSA) is 38.1 Å². The summed E-state index contributed by atoms with van der Waals surface area (Å²) in [4.78, 5) is 15.4. The monoisotopic (exact) mass is 289 g/mol. The van der Waals surface area contributed by atoms with Crippen molar-refractivity contribution in [3.8, 4) is 0 Å². The Morgan fingerprint density at radius 3 is 2.85 bits per heavy atom. The van der Waals surface area contributed by atoms with Crippen LogP contribution in [0.1, 0.15) is 17.7 Å². The molecule has 0 aliphatic carbocycles. The number of piperidine rings is 1. The van der Waals surface area contributed by atoms with Gasteiger partial charge in [-0.25, -0.2) is 0 Å². The van der Waals surface area contributed by atoms with Gasteiger partial charge in [0.25, 0.3) is 0 Å². The van der Waals surface area contributed by atoms with Crippen molar-refractivity contribution in [2.24, 2.45) is 5.92 Å². The maximum absolute atomic E-state index is 12.2. The summed E-state index contributed by atoms with van der Waals surface area (Å²) in [5.74, 6) is 0.908. The highest BCUT2D eigenvalue weighted by atomic mass is 32.1. The number of amides is 1. The minimum absolute atomic E-state index is 0.269. The third-order valence-corrected chi connectivity index (χ3v) is 4.75. The van der Waals surface area contributed by atoms with E-state index in [0.717, 1.165) is 37.4 Å². The van der Waals surface area contributed by atoms with Crippen molar-refractivity contribution in [1.29, 1.82) is 0 Å². The second-order valence-corrected chi connectivity index (χ2v) is 6.34. The number of likely N-dealkylation sites (tertiary alicyclic amines) is 1. The van der Waals surface area contributed by atoms with Crippen LogP contribution in [0.4, 0.5) is 0 Å². The Morgan fingerprint density at radius 1 is 1.35 bits per heavy atom. The first-order valence-corrected chi connectivity index (χ1v) is 7.97. The van der Waals surface area contributed by atoms with Crippen molar-refractivity contribution in [3.05, 3.63) is 40.8 Å². The van der Waals surface area contributed by atoms with E-state index in [2.05, 4.69) is 5.10 Å². The average molecular weight is 289 g/mol. The normalized spacial score (nSPS) is 16.5. The van der Waals surface area contributed by atoms with Crippen LogP contribution in [0.5, 0.6) is 0 Å². The maximum Gasteiger partial charge on any atom is 0.227 e. The first-order chi connectivity index (χ1) is 9.81. The molecule has 0 N–H and O–H groups in total. The van der Waals surface area contributed by atoms with Crippen LogP contribution >= 0.6 is 11.3 Å². The number of hydrogen-bond donors (Lipinski definition) is 0. The fraction of sp³-hybridized carbons (Fsp3) is 0.467. The predicted molar refractivity (Wildman–Crippen MR) is 79.6 cm³/mol. The van der Waals surface area contributed by atoms with Crippen LogP contribution in [0.3, 0.4) is 0 Å². The zero-order chi connectivity index (χ0) is 13.8. The summed E-state index contributed by atoms with van der Waals surface area (Å²) in [6, 6.07) is 6.00. The summed E-state index contributed by atoms with van der Waals surface area (Å²) in [6.07, 6.45) is 6.54. The molecular formula is C15H19N3OS. The van der Waals surface area contributed by atoms with Gasteiger partial charge in [-0.3, -0.25) is 9.48 Å². The van der Waals surface area contributed by atoms with E-state index in [1.807, 2.05) is 45.6 Å². The lowest BCUT2D eigenvalue weighted by atomic mass is 9.96. The van der Waals surface area contributed by atoms with Gasteiger partial charge in [-0.15, -0.1) is 11.3 Å². The third-order valence-electron chi connectivity index (χ3n) is 3.88. The lowest BCUT2D eigenvalue weighted by Gasteiger charge is -2.32. The van der Waals surface area contributed by atoms with Gasteiger partial charge in [0.2, 0.25) is 5.91 Å². The molecule has 3 heterocycles. The van der Waals surface area contributed by atoms with Crippen LogP contribution in [0, 0.1) is 5.92 Å². The molecule has 1 fully saturated rings. The zero-order valence-electron chi connectivity index (χ0n) is 11.4. The largest absolute Gasteiger partial charge is 0.342 e. The summed E-state index contributed by atoms with van der Waals surface area (Å²) in [6.45, 7) is 2.74. The molecule has 0 bridgehead atoms. The van der Waals surface area contributed by atoms with Crippen LogP contribution < -0.4 is 0 Å². The molecule has 4 nitrogen and oxygen atoms in total. The van der Waals surface area contributed by atoms with Gasteiger partial charge in [-0.2, -0.15) is 5.10 Å². The Morgan fingerprint density at radius 2 is 2.20 bits per heavy atom. The van der Waals surface area contributed by atoms with Crippen LogP contribution in [0.15, 0.2) is 36.0 Å². The number of thiophene rings is 1. The lowest BCUT2D eigenvalue weighted by Crippen LogP contribution is -2.40. The molecule has 0 saturated carbocycles. The van der Waals surface area contributed by atoms with Crippen molar-refractivity contribution in [1.82, 2.24) is 14.7 Å². The highest BCUT2D eigenvalue weighted by Gasteiger charge is 2.23. The van der Waals surface area contributed by atoms with Gasteiger partial charge >= 0.3 is 0 Å². The van der Waals surface area contributed by atoms with Crippen molar-refractivity contribution in [2.45, 2.75) is 25.8 Å². The van der Waals surface area contributed by atoms with E-state index >= 15 is 0 Å². The van der Waals surface area contributed by atoms with E-state index in [9.17, 15) is 4.79 Å². The minimum Gasteiger partial charge on any atom is -0.342 e. The highest BCUT2D eigenvalue weighted by Crippen LogP contribution is 2.20. The fourth-order valence-electron chi connectivity index (χ4n) is 2.71. The predicted octanol–water partition coefficient (Wildman–Crippen LogP) is 2.43. The van der Waals surface area contributed by atoms with Crippen LogP contribution in [-0.2, 0) is 17.8 Å². The molecule has 20 heavy (non-hydrogen) atoms. The molecular weight excluding hydrogens is 270 g/mol. The van der Waals surface area contributed by atoms with Gasteiger partial charge in [-0.05, 0) is 36.3 Å². The summed E-state index contributed by atoms with van der Waals surface area (Å²) in [7, 11) is 0. The first kappa shape index (κ1) is 13.4. The van der Waals surface area contributed by atoms with E-state index < -0.39 is 0 Å². The van der Waals surface area contributed by atoms with Crippen LogP contribution in [0.25, 0.3) is 0 Å². The summed E-state index contributed by atoms with van der Waals surface area (Å²) in [5, 5.41) is 6.28. The summed E-state index contributed by atoms with van der Waals surface area (Å²) >= 11 is 1.66. The van der Waals surface area contributed by atoms with E-state index in [1.165, 1.54) is 0 Å². The molecule has 1 amide bonds. The maximum atomic E-state index is 12.2. The first-order valence-electron chi connectivity index (χ1n) is 7.09. The van der Waals surface area contributed by atoms with Gasteiger partial charge in [0, 0.05) is 36.9 Å². The standard InChI is InChI=1S/C15H19N3OS/c19-15(11-14-3-1-10-20-14)17-8-4-13(5-9-17)12-18-7-2-6-16-18/h1-3,6-7,10,13H,4-5,8-9,11-12H2. The number of aromatic nitrogens is 2. The van der Waals surface area contributed by atoms with Crippen LogP contribution in [0.2, 0.25) is 0 Å². The Hall–Kier alpha value is -1.62. The van der Waals surface area contributed by atoms with Crippen molar-refractivity contribution in [2.75, 3.05) is 13.1 Å². The van der Waals surface area contributed by atoms with E-state index in [-0.39, 0.29) is 5.91 Å². The third kappa shape index (κ3) is 3.28.